The third kappa shape index (κ3) is 3.68. The van der Waals surface area contributed by atoms with Gasteiger partial charge in [0.15, 0.2) is 5.11 Å². The summed E-state index contributed by atoms with van der Waals surface area (Å²) in [5, 5.41) is 7.27. The number of aromatic nitrogens is 1. The van der Waals surface area contributed by atoms with E-state index in [4.69, 9.17) is 23.8 Å². The Balaban J connectivity index is 1.98. The molecule has 0 aliphatic carbocycles. The van der Waals surface area contributed by atoms with Crippen molar-refractivity contribution in [1.29, 1.82) is 0 Å². The van der Waals surface area contributed by atoms with E-state index in [1.807, 2.05) is 37.3 Å². The summed E-state index contributed by atoms with van der Waals surface area (Å²) in [5.74, 6) is 0.724. The minimum absolute atomic E-state index is 0.496. The van der Waals surface area contributed by atoms with Crippen LogP contribution in [0.25, 0.3) is 0 Å². The number of hydrogen-bond donors (Lipinski definition) is 2. The Morgan fingerprint density at radius 1 is 1.11 bits per heavy atom. The molecular formula is C13H12ClN3S. The lowest BCUT2D eigenvalue weighted by Crippen LogP contribution is -2.19. The highest BCUT2D eigenvalue weighted by molar-refractivity contribution is 7.80. The molecule has 0 fully saturated rings. The Morgan fingerprint density at radius 3 is 2.50 bits per heavy atom. The molecule has 5 heteroatoms. The number of halogens is 1. The zero-order valence-electron chi connectivity index (χ0n) is 9.77. The number of pyridine rings is 1. The zero-order chi connectivity index (χ0) is 13.0. The van der Waals surface area contributed by atoms with Crippen molar-refractivity contribution < 1.29 is 0 Å². The van der Waals surface area contributed by atoms with Crippen molar-refractivity contribution in [3.05, 3.63) is 53.2 Å². The molecule has 2 N–H and O–H groups in total. The van der Waals surface area contributed by atoms with Crippen LogP contribution in [-0.4, -0.2) is 10.1 Å². The largest absolute Gasteiger partial charge is 0.332 e. The summed E-state index contributed by atoms with van der Waals surface area (Å²) >= 11 is 11.0. The third-order valence-electron chi connectivity index (χ3n) is 2.23. The van der Waals surface area contributed by atoms with E-state index in [1.165, 1.54) is 0 Å². The lowest BCUT2D eigenvalue weighted by atomic mass is 10.3. The van der Waals surface area contributed by atoms with Crippen LogP contribution in [0.1, 0.15) is 5.69 Å². The minimum atomic E-state index is 0.496. The van der Waals surface area contributed by atoms with Crippen LogP contribution in [0.5, 0.6) is 0 Å². The molecule has 1 aromatic heterocycles. The van der Waals surface area contributed by atoms with Crippen molar-refractivity contribution in [2.75, 3.05) is 10.6 Å². The molecular weight excluding hydrogens is 266 g/mol. The van der Waals surface area contributed by atoms with Crippen molar-refractivity contribution in [3.63, 3.8) is 0 Å². The molecule has 0 saturated carbocycles. The number of thiocarbonyl (C=S) groups is 1. The van der Waals surface area contributed by atoms with Gasteiger partial charge < -0.3 is 10.6 Å². The van der Waals surface area contributed by atoms with Crippen molar-refractivity contribution in [1.82, 2.24) is 4.98 Å². The molecule has 2 rings (SSSR count). The van der Waals surface area contributed by atoms with E-state index >= 15 is 0 Å². The molecule has 0 aliphatic heterocycles. The van der Waals surface area contributed by atoms with E-state index in [2.05, 4.69) is 15.6 Å². The molecule has 0 spiro atoms. The van der Waals surface area contributed by atoms with Gasteiger partial charge in [0.25, 0.3) is 0 Å². The van der Waals surface area contributed by atoms with Gasteiger partial charge in [-0.3, -0.25) is 0 Å². The first-order valence-electron chi connectivity index (χ1n) is 5.41. The average Bonchev–Trinajstić information content (AvgIpc) is 2.32. The maximum absolute atomic E-state index is 5.81. The molecule has 92 valence electrons. The van der Waals surface area contributed by atoms with Crippen LogP contribution >= 0.6 is 23.8 Å². The first-order valence-corrected chi connectivity index (χ1v) is 6.19. The van der Waals surface area contributed by atoms with E-state index < -0.39 is 0 Å². The predicted molar refractivity (Wildman–Crippen MR) is 80.3 cm³/mol. The van der Waals surface area contributed by atoms with E-state index in [0.717, 1.165) is 17.2 Å². The Labute approximate surface area is 116 Å². The van der Waals surface area contributed by atoms with Gasteiger partial charge in [-0.1, -0.05) is 17.7 Å². The Bertz CT molecular complexity index is 554. The van der Waals surface area contributed by atoms with Gasteiger partial charge in [0.05, 0.1) is 0 Å². The second-order valence-corrected chi connectivity index (χ2v) is 4.59. The maximum Gasteiger partial charge on any atom is 0.176 e. The van der Waals surface area contributed by atoms with Crippen molar-refractivity contribution in [2.24, 2.45) is 0 Å². The average molecular weight is 278 g/mol. The molecule has 1 heterocycles. The highest BCUT2D eigenvalue weighted by Crippen LogP contribution is 2.13. The van der Waals surface area contributed by atoms with Gasteiger partial charge in [-0.15, -0.1) is 0 Å². The summed E-state index contributed by atoms with van der Waals surface area (Å²) in [6.07, 6.45) is 0. The fourth-order valence-electron chi connectivity index (χ4n) is 1.42. The lowest BCUT2D eigenvalue weighted by molar-refractivity contribution is 1.21. The third-order valence-corrected chi connectivity index (χ3v) is 2.69. The van der Waals surface area contributed by atoms with E-state index in [1.54, 1.807) is 12.1 Å². The van der Waals surface area contributed by atoms with Crippen molar-refractivity contribution >= 4 is 40.4 Å². The fraction of sp³-hybridized carbons (Fsp3) is 0.0769. The molecule has 3 nitrogen and oxygen atoms in total. The maximum atomic E-state index is 5.81. The van der Waals surface area contributed by atoms with E-state index in [9.17, 15) is 0 Å². The highest BCUT2D eigenvalue weighted by atomic mass is 35.5. The molecule has 0 radical (unpaired) electrons. The summed E-state index contributed by atoms with van der Waals surface area (Å²) in [7, 11) is 0. The number of benzene rings is 1. The molecule has 0 amide bonds. The molecule has 2 aromatic rings. The molecule has 1 aromatic carbocycles. The number of nitrogens with zero attached hydrogens (tertiary/aromatic N) is 1. The van der Waals surface area contributed by atoms with Crippen molar-refractivity contribution in [2.45, 2.75) is 6.92 Å². The number of anilines is 2. The monoisotopic (exact) mass is 277 g/mol. The fourth-order valence-corrected chi connectivity index (χ4v) is 1.77. The summed E-state index contributed by atoms with van der Waals surface area (Å²) in [6, 6.07) is 13.0. The quantitative estimate of drug-likeness (QED) is 0.818. The van der Waals surface area contributed by atoms with Crippen LogP contribution in [0.2, 0.25) is 5.02 Å². The molecule has 0 saturated heterocycles. The van der Waals surface area contributed by atoms with Gasteiger partial charge in [0, 0.05) is 16.4 Å². The number of hydrogen-bond acceptors (Lipinski definition) is 2. The first kappa shape index (κ1) is 12.8. The van der Waals surface area contributed by atoms with Crippen LogP contribution < -0.4 is 10.6 Å². The number of aryl methyl sites for hydroxylation is 1. The van der Waals surface area contributed by atoms with Crippen molar-refractivity contribution in [3.8, 4) is 0 Å². The summed E-state index contributed by atoms with van der Waals surface area (Å²) in [4.78, 5) is 4.31. The van der Waals surface area contributed by atoms with Gasteiger partial charge in [-0.05, 0) is 55.5 Å². The molecule has 0 unspecified atom stereocenters. The Morgan fingerprint density at radius 2 is 1.83 bits per heavy atom. The van der Waals surface area contributed by atoms with Gasteiger partial charge in [0.1, 0.15) is 5.82 Å². The number of rotatable bonds is 2. The second kappa shape index (κ2) is 5.80. The predicted octanol–water partition coefficient (Wildman–Crippen LogP) is 3.85. The smallest absolute Gasteiger partial charge is 0.176 e. The first-order chi connectivity index (χ1) is 8.63. The van der Waals surface area contributed by atoms with Gasteiger partial charge >= 0.3 is 0 Å². The second-order valence-electron chi connectivity index (χ2n) is 3.75. The summed E-state index contributed by atoms with van der Waals surface area (Å²) in [6.45, 7) is 1.93. The summed E-state index contributed by atoms with van der Waals surface area (Å²) in [5.41, 5.74) is 1.82. The molecule has 0 aliphatic rings. The standard InChI is InChI=1S/C13H12ClN3S/c1-9-3-2-4-12(15-9)17-13(18)16-11-7-5-10(14)6-8-11/h2-8H,1H3,(H2,15,16,17,18). The SMILES string of the molecule is Cc1cccc(NC(=S)Nc2ccc(Cl)cc2)n1. The van der Waals surface area contributed by atoms with Gasteiger partial charge in [-0.25, -0.2) is 4.98 Å². The van der Waals surface area contributed by atoms with E-state index in [-0.39, 0.29) is 0 Å². The zero-order valence-corrected chi connectivity index (χ0v) is 11.3. The lowest BCUT2D eigenvalue weighted by Gasteiger charge is -2.10. The molecule has 18 heavy (non-hydrogen) atoms. The van der Waals surface area contributed by atoms with E-state index in [0.29, 0.717) is 10.1 Å². The van der Waals surface area contributed by atoms with Crippen LogP contribution in [0.3, 0.4) is 0 Å². The number of nitrogens with one attached hydrogen (secondary N) is 2. The molecule has 0 atom stereocenters. The van der Waals surface area contributed by atoms with Crippen LogP contribution in [-0.2, 0) is 0 Å². The van der Waals surface area contributed by atoms with Crippen LogP contribution in [0, 0.1) is 6.92 Å². The van der Waals surface area contributed by atoms with Gasteiger partial charge in [-0.2, -0.15) is 0 Å². The van der Waals surface area contributed by atoms with Gasteiger partial charge in [0.2, 0.25) is 0 Å². The van der Waals surface area contributed by atoms with Crippen LogP contribution in [0.15, 0.2) is 42.5 Å². The highest BCUT2D eigenvalue weighted by Gasteiger charge is 2.00. The Kier molecular flexibility index (Phi) is 4.12. The molecule has 0 bridgehead atoms. The Hall–Kier alpha value is -1.65. The summed E-state index contributed by atoms with van der Waals surface area (Å²) < 4.78 is 0. The van der Waals surface area contributed by atoms with Crippen LogP contribution in [0.4, 0.5) is 11.5 Å². The minimum Gasteiger partial charge on any atom is -0.332 e. The normalized spacial score (nSPS) is 9.89. The topological polar surface area (TPSA) is 37.0 Å².